The van der Waals surface area contributed by atoms with Crippen molar-refractivity contribution in [2.45, 2.75) is 44.7 Å². The molecule has 2 atom stereocenters. The van der Waals surface area contributed by atoms with Crippen LogP contribution >= 0.6 is 8.46 Å². The van der Waals surface area contributed by atoms with Gasteiger partial charge in [0.25, 0.3) is 0 Å². The summed E-state index contributed by atoms with van der Waals surface area (Å²) in [5.41, 5.74) is 1.10. The molecule has 1 aliphatic rings. The normalized spacial score (nSPS) is 23.3. The van der Waals surface area contributed by atoms with E-state index in [0.717, 1.165) is 11.6 Å². The lowest BCUT2D eigenvalue weighted by Gasteiger charge is -2.33. The molecular formula is C8H18BP. The molecule has 0 aromatic heterocycles. The lowest BCUT2D eigenvalue weighted by Crippen LogP contribution is -2.23. The molecule has 0 bridgehead atoms. The van der Waals surface area contributed by atoms with Gasteiger partial charge in [-0.15, -0.1) is 0 Å². The quantitative estimate of drug-likeness (QED) is 0.432. The van der Waals surface area contributed by atoms with Crippen LogP contribution in [-0.4, -0.2) is 13.2 Å². The van der Waals surface area contributed by atoms with Crippen molar-refractivity contribution in [2.75, 3.05) is 0 Å². The van der Waals surface area contributed by atoms with E-state index in [1.54, 1.807) is 0 Å². The van der Waals surface area contributed by atoms with Crippen LogP contribution in [-0.2, 0) is 0 Å². The average Bonchev–Trinajstić information content (AvgIpc) is 1.83. The molecule has 0 aromatic rings. The van der Waals surface area contributed by atoms with Crippen molar-refractivity contribution in [2.24, 2.45) is 5.92 Å². The third-order valence-corrected chi connectivity index (χ3v) is 4.19. The van der Waals surface area contributed by atoms with Crippen LogP contribution in [0, 0.1) is 5.92 Å². The lowest BCUT2D eigenvalue weighted by molar-refractivity contribution is 0.297. The highest BCUT2D eigenvalue weighted by atomic mass is 31.1. The van der Waals surface area contributed by atoms with Gasteiger partial charge in [0.05, 0.1) is 0 Å². The van der Waals surface area contributed by atoms with Gasteiger partial charge in [-0.05, 0) is 30.8 Å². The zero-order valence-corrected chi connectivity index (χ0v) is 8.19. The molecule has 2 unspecified atom stereocenters. The van der Waals surface area contributed by atoms with E-state index < -0.39 is 0 Å². The first-order chi connectivity index (χ1) is 4.88. The van der Waals surface area contributed by atoms with Gasteiger partial charge in [0.1, 0.15) is 7.57 Å². The molecule has 2 heteroatoms. The summed E-state index contributed by atoms with van der Waals surface area (Å²) in [6.07, 6.45) is 7.45. The molecule has 0 N–H and O–H groups in total. The van der Waals surface area contributed by atoms with E-state index in [0.29, 0.717) is 0 Å². The van der Waals surface area contributed by atoms with Crippen LogP contribution in [0.25, 0.3) is 0 Å². The molecule has 1 rings (SSSR count). The molecule has 0 saturated heterocycles. The third-order valence-electron chi connectivity index (χ3n) is 2.69. The summed E-state index contributed by atoms with van der Waals surface area (Å²) in [5.74, 6) is 1.13. The smallest absolute Gasteiger partial charge is 0.130 e. The Morgan fingerprint density at radius 2 is 2.30 bits per heavy atom. The Bertz CT molecular complexity index is 91.3. The summed E-state index contributed by atoms with van der Waals surface area (Å²) in [6, 6.07) is 0. The van der Waals surface area contributed by atoms with E-state index in [4.69, 9.17) is 0 Å². The molecule has 1 aliphatic carbocycles. The molecule has 0 heterocycles. The Morgan fingerprint density at radius 3 is 2.60 bits per heavy atom. The molecule has 1 fully saturated rings. The van der Waals surface area contributed by atoms with Crippen molar-refractivity contribution in [3.63, 3.8) is 0 Å². The summed E-state index contributed by atoms with van der Waals surface area (Å²) < 4.78 is 0. The maximum absolute atomic E-state index is 2.37. The van der Waals surface area contributed by atoms with Gasteiger partial charge in [0.15, 0.2) is 0 Å². The van der Waals surface area contributed by atoms with Crippen LogP contribution in [0.3, 0.4) is 0 Å². The topological polar surface area (TPSA) is 0 Å². The molecule has 0 spiro atoms. The molecule has 0 amide bonds. The van der Waals surface area contributed by atoms with Crippen LogP contribution in [0.1, 0.15) is 39.0 Å². The fourth-order valence-electron chi connectivity index (χ4n) is 1.77. The first-order valence-corrected chi connectivity index (χ1v) is 6.13. The second kappa shape index (κ2) is 4.39. The van der Waals surface area contributed by atoms with Gasteiger partial charge >= 0.3 is 0 Å². The van der Waals surface area contributed by atoms with E-state index in [9.17, 15) is 0 Å². The minimum absolute atomic E-state index is 1.10. The summed E-state index contributed by atoms with van der Waals surface area (Å²) in [7, 11) is 3.57. The Kier molecular flexibility index (Phi) is 3.77. The van der Waals surface area contributed by atoms with Crippen LogP contribution in [0.5, 0.6) is 0 Å². The van der Waals surface area contributed by atoms with Gasteiger partial charge in [-0.3, -0.25) is 0 Å². The lowest BCUT2D eigenvalue weighted by atomic mass is 9.81. The van der Waals surface area contributed by atoms with E-state index >= 15 is 0 Å². The van der Waals surface area contributed by atoms with Gasteiger partial charge in [0.2, 0.25) is 0 Å². The largest absolute Gasteiger partial charge is 0.161 e. The standard InChI is InChI=1S/C8H18BP/c1-2-4-8(10-9)7-5-3-6-7/h7-8,10H,2-6,9H2,1H3. The fourth-order valence-corrected chi connectivity index (χ4v) is 3.15. The van der Waals surface area contributed by atoms with Gasteiger partial charge < -0.3 is 0 Å². The van der Waals surface area contributed by atoms with Crippen molar-refractivity contribution in [3.05, 3.63) is 0 Å². The minimum atomic E-state index is 1.10. The minimum Gasteiger partial charge on any atom is -0.161 e. The molecule has 1 saturated carbocycles. The SMILES string of the molecule is BPC(CCC)C1CCC1. The maximum atomic E-state index is 2.37. The monoisotopic (exact) mass is 156 g/mol. The van der Waals surface area contributed by atoms with Gasteiger partial charge in [-0.1, -0.05) is 19.8 Å². The van der Waals surface area contributed by atoms with Crippen molar-refractivity contribution in [1.29, 1.82) is 0 Å². The van der Waals surface area contributed by atoms with E-state index in [1.807, 2.05) is 0 Å². The molecule has 0 radical (unpaired) electrons. The molecule has 0 aliphatic heterocycles. The van der Waals surface area contributed by atoms with Gasteiger partial charge in [-0.2, -0.15) is 8.46 Å². The van der Waals surface area contributed by atoms with Crippen LogP contribution in [0.2, 0.25) is 0 Å². The van der Waals surface area contributed by atoms with Crippen LogP contribution in [0.15, 0.2) is 0 Å². The van der Waals surface area contributed by atoms with Crippen molar-refractivity contribution in [3.8, 4) is 0 Å². The first kappa shape index (κ1) is 8.59. The predicted molar refractivity (Wildman–Crippen MR) is 52.9 cm³/mol. The number of rotatable bonds is 4. The summed E-state index contributed by atoms with van der Waals surface area (Å²) >= 11 is 0. The highest BCUT2D eigenvalue weighted by Gasteiger charge is 2.24. The van der Waals surface area contributed by atoms with Crippen LogP contribution in [0.4, 0.5) is 0 Å². The second-order valence-corrected chi connectivity index (χ2v) is 4.69. The Labute approximate surface area is 67.3 Å². The van der Waals surface area contributed by atoms with E-state index in [2.05, 4.69) is 14.5 Å². The number of hydrogen-bond donors (Lipinski definition) is 0. The summed E-state index contributed by atoms with van der Waals surface area (Å²) in [5, 5.41) is 0. The highest BCUT2D eigenvalue weighted by molar-refractivity contribution is 7.66. The molecular weight excluding hydrogens is 138 g/mol. The zero-order chi connectivity index (χ0) is 7.40. The highest BCUT2D eigenvalue weighted by Crippen LogP contribution is 2.39. The summed E-state index contributed by atoms with van der Waals surface area (Å²) in [6.45, 7) is 2.31. The molecule has 10 heavy (non-hydrogen) atoms. The van der Waals surface area contributed by atoms with Crippen molar-refractivity contribution in [1.82, 2.24) is 0 Å². The number of hydrogen-bond acceptors (Lipinski definition) is 0. The molecule has 58 valence electrons. The second-order valence-electron chi connectivity index (χ2n) is 3.37. The van der Waals surface area contributed by atoms with E-state index in [-0.39, 0.29) is 0 Å². The van der Waals surface area contributed by atoms with E-state index in [1.165, 1.54) is 40.6 Å². The molecule has 0 aromatic carbocycles. The van der Waals surface area contributed by atoms with Crippen molar-refractivity contribution >= 4 is 16.0 Å². The average molecular weight is 156 g/mol. The maximum Gasteiger partial charge on any atom is 0.130 e. The zero-order valence-electron chi connectivity index (χ0n) is 7.19. The molecule has 0 nitrogen and oxygen atoms in total. The predicted octanol–water partition coefficient (Wildman–Crippen LogP) is 2.18. The van der Waals surface area contributed by atoms with Gasteiger partial charge in [0, 0.05) is 0 Å². The first-order valence-electron chi connectivity index (χ1n) is 4.55. The Balaban J connectivity index is 2.17. The van der Waals surface area contributed by atoms with Gasteiger partial charge in [-0.25, -0.2) is 0 Å². The van der Waals surface area contributed by atoms with Crippen LogP contribution < -0.4 is 0 Å². The third kappa shape index (κ3) is 1.99. The Morgan fingerprint density at radius 1 is 1.60 bits per heavy atom. The summed E-state index contributed by atoms with van der Waals surface area (Å²) in [4.78, 5) is 0. The van der Waals surface area contributed by atoms with Crippen molar-refractivity contribution < 1.29 is 0 Å². The Hall–Kier alpha value is 0.495. The fraction of sp³-hybridized carbons (Fsp3) is 1.00.